The van der Waals surface area contributed by atoms with E-state index in [0.717, 1.165) is 4.90 Å². The molecule has 6 heteroatoms. The van der Waals surface area contributed by atoms with E-state index < -0.39 is 0 Å². The monoisotopic (exact) mass is 203 g/mol. The summed E-state index contributed by atoms with van der Waals surface area (Å²) in [5.74, 6) is 0. The van der Waals surface area contributed by atoms with Crippen molar-refractivity contribution in [1.82, 2.24) is 20.2 Å². The number of nitrogens with one attached hydrogen (secondary N) is 1. The molecule has 0 aromatic carbocycles. The Morgan fingerprint density at radius 1 is 1.36 bits per heavy atom. The van der Waals surface area contributed by atoms with Crippen LogP contribution in [0.4, 0.5) is 0 Å². The van der Waals surface area contributed by atoms with E-state index >= 15 is 0 Å². The van der Waals surface area contributed by atoms with Crippen molar-refractivity contribution in [2.45, 2.75) is 10.1 Å². The van der Waals surface area contributed by atoms with Gasteiger partial charge in [0, 0.05) is 11.1 Å². The minimum atomic E-state index is 0.409. The summed E-state index contributed by atoms with van der Waals surface area (Å²) in [6.07, 6.45) is 3.07. The van der Waals surface area contributed by atoms with Gasteiger partial charge in [-0.2, -0.15) is 10.4 Å². The average Bonchev–Trinajstić information content (AvgIpc) is 2.72. The number of hydrogen-bond acceptors (Lipinski definition) is 5. The molecule has 68 valence electrons. The van der Waals surface area contributed by atoms with Gasteiger partial charge in [-0.05, 0) is 23.9 Å². The molecule has 0 aliphatic carbocycles. The van der Waals surface area contributed by atoms with Crippen LogP contribution in [0.1, 0.15) is 5.69 Å². The Balaban J connectivity index is 2.15. The van der Waals surface area contributed by atoms with Crippen LogP contribution in [0.25, 0.3) is 0 Å². The third-order valence-corrected chi connectivity index (χ3v) is 2.33. The number of aromatic amines is 1. The summed E-state index contributed by atoms with van der Waals surface area (Å²) in [6.45, 7) is 0. The first-order valence-corrected chi connectivity index (χ1v) is 4.59. The van der Waals surface area contributed by atoms with Crippen molar-refractivity contribution in [1.29, 1.82) is 5.26 Å². The Morgan fingerprint density at radius 3 is 2.86 bits per heavy atom. The maximum atomic E-state index is 8.54. The lowest BCUT2D eigenvalue weighted by Gasteiger charge is -1.95. The Kier molecular flexibility index (Phi) is 2.42. The van der Waals surface area contributed by atoms with Crippen LogP contribution in [-0.2, 0) is 0 Å². The fourth-order valence-electron chi connectivity index (χ4n) is 0.862. The van der Waals surface area contributed by atoms with Crippen LogP contribution in [0.3, 0.4) is 0 Å². The molecule has 14 heavy (non-hydrogen) atoms. The number of aromatic nitrogens is 4. The summed E-state index contributed by atoms with van der Waals surface area (Å²) in [5, 5.41) is 15.7. The second-order valence-corrected chi connectivity index (χ2v) is 3.45. The standard InChI is InChI=1S/C8H5N5S/c9-3-6-1-2-7(4-10-6)14-8-11-5-12-13-8/h1-2,4-5H,(H,11,12,13). The van der Waals surface area contributed by atoms with E-state index in [2.05, 4.69) is 20.2 Å². The average molecular weight is 203 g/mol. The normalized spacial score (nSPS) is 9.64. The molecule has 0 aliphatic rings. The van der Waals surface area contributed by atoms with Crippen LogP contribution in [-0.4, -0.2) is 20.2 Å². The first kappa shape index (κ1) is 8.72. The van der Waals surface area contributed by atoms with Gasteiger partial charge >= 0.3 is 0 Å². The van der Waals surface area contributed by atoms with Crippen molar-refractivity contribution < 1.29 is 0 Å². The fourth-order valence-corrected chi connectivity index (χ4v) is 1.52. The van der Waals surface area contributed by atoms with Crippen molar-refractivity contribution >= 4 is 11.8 Å². The van der Waals surface area contributed by atoms with Crippen molar-refractivity contribution in [2.75, 3.05) is 0 Å². The molecular weight excluding hydrogens is 198 g/mol. The lowest BCUT2D eigenvalue weighted by atomic mass is 10.4. The molecule has 2 aromatic heterocycles. The van der Waals surface area contributed by atoms with E-state index in [4.69, 9.17) is 5.26 Å². The highest BCUT2D eigenvalue weighted by molar-refractivity contribution is 7.99. The fraction of sp³-hybridized carbons (Fsp3) is 0. The van der Waals surface area contributed by atoms with Crippen LogP contribution in [0.15, 0.2) is 34.7 Å². The molecule has 5 nitrogen and oxygen atoms in total. The molecule has 0 unspecified atom stereocenters. The largest absolute Gasteiger partial charge is 0.254 e. The summed E-state index contributed by atoms with van der Waals surface area (Å²) in [4.78, 5) is 8.81. The number of nitriles is 1. The van der Waals surface area contributed by atoms with Gasteiger partial charge in [-0.15, -0.1) is 0 Å². The van der Waals surface area contributed by atoms with Crippen molar-refractivity contribution in [2.24, 2.45) is 0 Å². The van der Waals surface area contributed by atoms with E-state index in [0.29, 0.717) is 10.9 Å². The number of hydrogen-bond donors (Lipinski definition) is 1. The van der Waals surface area contributed by atoms with E-state index in [9.17, 15) is 0 Å². The van der Waals surface area contributed by atoms with Crippen molar-refractivity contribution in [3.05, 3.63) is 30.4 Å². The molecule has 0 bridgehead atoms. The predicted molar refractivity (Wildman–Crippen MR) is 49.5 cm³/mol. The summed E-state index contributed by atoms with van der Waals surface area (Å²) < 4.78 is 0. The second-order valence-electron chi connectivity index (χ2n) is 2.38. The molecular formula is C8H5N5S. The molecule has 0 amide bonds. The highest BCUT2D eigenvalue weighted by Gasteiger charge is 2.00. The Morgan fingerprint density at radius 2 is 2.29 bits per heavy atom. The summed E-state index contributed by atoms with van der Waals surface area (Å²) in [7, 11) is 0. The van der Waals surface area contributed by atoms with Gasteiger partial charge in [0.25, 0.3) is 0 Å². The molecule has 0 saturated carbocycles. The molecule has 0 aliphatic heterocycles. The highest BCUT2D eigenvalue weighted by Crippen LogP contribution is 2.22. The van der Waals surface area contributed by atoms with Gasteiger partial charge in [0.15, 0.2) is 5.16 Å². The molecule has 0 saturated heterocycles. The van der Waals surface area contributed by atoms with Crippen LogP contribution in [0.5, 0.6) is 0 Å². The van der Waals surface area contributed by atoms with Gasteiger partial charge in [0.1, 0.15) is 18.1 Å². The van der Waals surface area contributed by atoms with Gasteiger partial charge in [-0.3, -0.25) is 5.10 Å². The minimum Gasteiger partial charge on any atom is -0.254 e. The zero-order chi connectivity index (χ0) is 9.80. The first-order valence-electron chi connectivity index (χ1n) is 3.78. The molecule has 2 rings (SSSR count). The van der Waals surface area contributed by atoms with Gasteiger partial charge < -0.3 is 0 Å². The maximum Gasteiger partial charge on any atom is 0.188 e. The molecule has 2 aromatic rings. The smallest absolute Gasteiger partial charge is 0.188 e. The zero-order valence-electron chi connectivity index (χ0n) is 7.01. The van der Waals surface area contributed by atoms with Gasteiger partial charge in [-0.25, -0.2) is 9.97 Å². The van der Waals surface area contributed by atoms with Crippen LogP contribution < -0.4 is 0 Å². The molecule has 1 N–H and O–H groups in total. The third kappa shape index (κ3) is 1.89. The predicted octanol–water partition coefficient (Wildman–Crippen LogP) is 1.22. The number of pyridine rings is 1. The summed E-state index contributed by atoms with van der Waals surface area (Å²) in [5.41, 5.74) is 0.409. The zero-order valence-corrected chi connectivity index (χ0v) is 7.82. The SMILES string of the molecule is N#Cc1ccc(Sc2ncn[nH]2)cn1. The number of H-pyrrole nitrogens is 1. The van der Waals surface area contributed by atoms with Gasteiger partial charge in [0.05, 0.1) is 0 Å². The Labute approximate surface area is 84.2 Å². The molecule has 2 heterocycles. The topological polar surface area (TPSA) is 78.2 Å². The lowest BCUT2D eigenvalue weighted by molar-refractivity contribution is 0.972. The summed E-state index contributed by atoms with van der Waals surface area (Å²) in [6, 6.07) is 5.44. The van der Waals surface area contributed by atoms with E-state index in [1.165, 1.54) is 18.1 Å². The maximum absolute atomic E-state index is 8.54. The summed E-state index contributed by atoms with van der Waals surface area (Å²) >= 11 is 1.41. The van der Waals surface area contributed by atoms with E-state index in [-0.39, 0.29) is 0 Å². The first-order chi connectivity index (χ1) is 6.88. The minimum absolute atomic E-state index is 0.409. The quantitative estimate of drug-likeness (QED) is 0.794. The Hall–Kier alpha value is -1.87. The molecule has 0 fully saturated rings. The van der Waals surface area contributed by atoms with Crippen molar-refractivity contribution in [3.8, 4) is 6.07 Å². The van der Waals surface area contributed by atoms with E-state index in [1.807, 2.05) is 12.1 Å². The number of rotatable bonds is 2. The van der Waals surface area contributed by atoms with Gasteiger partial charge in [0.2, 0.25) is 0 Å². The van der Waals surface area contributed by atoms with E-state index in [1.54, 1.807) is 12.3 Å². The molecule has 0 radical (unpaired) electrons. The third-order valence-electron chi connectivity index (χ3n) is 1.46. The molecule has 0 spiro atoms. The van der Waals surface area contributed by atoms with Crippen LogP contribution in [0, 0.1) is 11.3 Å². The highest BCUT2D eigenvalue weighted by atomic mass is 32.2. The van der Waals surface area contributed by atoms with Crippen LogP contribution >= 0.6 is 11.8 Å². The van der Waals surface area contributed by atoms with Crippen LogP contribution in [0.2, 0.25) is 0 Å². The number of nitrogens with zero attached hydrogens (tertiary/aromatic N) is 4. The molecule has 0 atom stereocenters. The van der Waals surface area contributed by atoms with Crippen molar-refractivity contribution in [3.63, 3.8) is 0 Å². The Bertz CT molecular complexity index is 442. The second kappa shape index (κ2) is 3.89. The van der Waals surface area contributed by atoms with Gasteiger partial charge in [-0.1, -0.05) is 0 Å². The lowest BCUT2D eigenvalue weighted by Crippen LogP contribution is -1.82.